The fourth-order valence-electron chi connectivity index (χ4n) is 2.98. The van der Waals surface area contributed by atoms with Gasteiger partial charge in [0.1, 0.15) is 17.3 Å². The number of hydrogen-bond acceptors (Lipinski definition) is 8. The van der Waals surface area contributed by atoms with Crippen LogP contribution in [-0.4, -0.2) is 73.2 Å². The first-order valence-electron chi connectivity index (χ1n) is 9.44. The number of rotatable bonds is 7. The Bertz CT molecular complexity index is 868. The maximum absolute atomic E-state index is 12.6. The molecule has 1 aliphatic heterocycles. The van der Waals surface area contributed by atoms with Crippen molar-refractivity contribution in [2.75, 3.05) is 57.1 Å². The molecule has 2 heterocycles. The molecule has 1 fully saturated rings. The summed E-state index contributed by atoms with van der Waals surface area (Å²) in [5, 5.41) is 6.00. The van der Waals surface area contributed by atoms with Gasteiger partial charge in [-0.2, -0.15) is 0 Å². The molecule has 0 aliphatic carbocycles. The molecule has 1 aromatic heterocycles. The molecule has 0 bridgehead atoms. The summed E-state index contributed by atoms with van der Waals surface area (Å²) < 4.78 is 10.0. The molecule has 1 amide bonds. The molecule has 1 saturated heterocycles. The molecule has 1 aromatic carbocycles. The molecule has 9 nitrogen and oxygen atoms in total. The number of amides is 1. The lowest BCUT2D eigenvalue weighted by atomic mass is 10.2. The fraction of sp³-hybridized carbons (Fsp3) is 0.400. The third-order valence-electron chi connectivity index (χ3n) is 4.45. The average Bonchev–Trinajstić information content (AvgIpc) is 2.73. The van der Waals surface area contributed by atoms with Crippen LogP contribution in [0.1, 0.15) is 26.7 Å². The quantitative estimate of drug-likeness (QED) is 0.676. The second kappa shape index (κ2) is 9.94. The van der Waals surface area contributed by atoms with Crippen LogP contribution >= 0.6 is 0 Å². The Kier molecular flexibility index (Phi) is 7.09. The monoisotopic (exact) mass is 399 g/mol. The van der Waals surface area contributed by atoms with Crippen LogP contribution in [0.2, 0.25) is 0 Å². The molecular weight excluding hydrogens is 374 g/mol. The molecule has 9 heteroatoms. The molecule has 2 aromatic rings. The minimum Gasteiger partial charge on any atom is -0.465 e. The smallest absolute Gasteiger partial charge is 0.337 e. The van der Waals surface area contributed by atoms with E-state index in [1.54, 1.807) is 37.3 Å². The van der Waals surface area contributed by atoms with E-state index in [2.05, 4.69) is 25.5 Å². The van der Waals surface area contributed by atoms with E-state index in [4.69, 9.17) is 9.47 Å². The van der Waals surface area contributed by atoms with Gasteiger partial charge in [-0.15, -0.1) is 0 Å². The number of methoxy groups -OCH3 is 1. The molecule has 0 saturated carbocycles. The predicted molar refractivity (Wildman–Crippen MR) is 108 cm³/mol. The molecule has 0 radical (unpaired) electrons. The summed E-state index contributed by atoms with van der Waals surface area (Å²) in [4.78, 5) is 35.2. The molecule has 2 N–H and O–H groups in total. The van der Waals surface area contributed by atoms with E-state index >= 15 is 0 Å². The van der Waals surface area contributed by atoms with Crippen molar-refractivity contribution in [2.45, 2.75) is 6.92 Å². The molecule has 1 aliphatic rings. The number of nitrogens with zero attached hydrogens (tertiary/aromatic N) is 3. The van der Waals surface area contributed by atoms with E-state index in [9.17, 15) is 9.59 Å². The van der Waals surface area contributed by atoms with Gasteiger partial charge >= 0.3 is 5.97 Å². The van der Waals surface area contributed by atoms with E-state index in [1.807, 2.05) is 0 Å². The number of nitrogens with one attached hydrogen (secondary N) is 2. The van der Waals surface area contributed by atoms with Gasteiger partial charge < -0.3 is 20.1 Å². The van der Waals surface area contributed by atoms with E-state index in [-0.39, 0.29) is 11.6 Å². The highest BCUT2D eigenvalue weighted by molar-refractivity contribution is 6.04. The van der Waals surface area contributed by atoms with Crippen LogP contribution < -0.4 is 10.6 Å². The van der Waals surface area contributed by atoms with Crippen molar-refractivity contribution in [1.29, 1.82) is 0 Å². The normalized spacial score (nSPS) is 14.3. The van der Waals surface area contributed by atoms with Gasteiger partial charge in [-0.1, -0.05) is 6.07 Å². The number of benzene rings is 1. The number of carbonyl (C=O) groups is 2. The molecule has 154 valence electrons. The number of carbonyl (C=O) groups excluding carboxylic acids is 2. The van der Waals surface area contributed by atoms with Crippen molar-refractivity contribution < 1.29 is 19.1 Å². The first kappa shape index (κ1) is 20.7. The van der Waals surface area contributed by atoms with Crippen molar-refractivity contribution in [3.63, 3.8) is 0 Å². The van der Waals surface area contributed by atoms with Gasteiger partial charge in [-0.25, -0.2) is 14.8 Å². The Labute approximate surface area is 169 Å². The molecule has 29 heavy (non-hydrogen) atoms. The van der Waals surface area contributed by atoms with E-state index in [0.717, 1.165) is 32.8 Å². The summed E-state index contributed by atoms with van der Waals surface area (Å²) in [7, 11) is 1.31. The number of morpholine rings is 1. The van der Waals surface area contributed by atoms with E-state index in [1.165, 1.54) is 7.11 Å². The first-order chi connectivity index (χ1) is 14.0. The summed E-state index contributed by atoms with van der Waals surface area (Å²) >= 11 is 0. The number of ether oxygens (including phenoxy) is 2. The van der Waals surface area contributed by atoms with Crippen molar-refractivity contribution in [1.82, 2.24) is 14.9 Å². The second-order valence-electron chi connectivity index (χ2n) is 6.59. The Hall–Kier alpha value is -3.04. The summed E-state index contributed by atoms with van der Waals surface area (Å²) in [5.41, 5.74) is 1.08. The maximum atomic E-state index is 12.6. The second-order valence-corrected chi connectivity index (χ2v) is 6.59. The molecule has 0 spiro atoms. The topological polar surface area (TPSA) is 106 Å². The minimum atomic E-state index is -0.467. The third-order valence-corrected chi connectivity index (χ3v) is 4.45. The Morgan fingerprint density at radius 2 is 2.00 bits per heavy atom. The molecule has 0 atom stereocenters. The van der Waals surface area contributed by atoms with Crippen LogP contribution in [0.25, 0.3) is 0 Å². The number of hydrogen-bond donors (Lipinski definition) is 2. The maximum Gasteiger partial charge on any atom is 0.337 e. The predicted octanol–water partition coefficient (Wildman–Crippen LogP) is 1.57. The summed E-state index contributed by atoms with van der Waals surface area (Å²) in [6.45, 7) is 6.67. The zero-order valence-electron chi connectivity index (χ0n) is 16.6. The van der Waals surface area contributed by atoms with Crippen LogP contribution in [0, 0.1) is 6.92 Å². The SMILES string of the molecule is COC(=O)c1cccc(NC(=O)c2cc(NCCN3CCOCC3)nc(C)n2)c1. The number of aryl methyl sites for hydroxylation is 1. The van der Waals surface area contributed by atoms with Crippen molar-refractivity contribution in [3.05, 3.63) is 47.4 Å². The van der Waals surface area contributed by atoms with Gasteiger partial charge in [0.15, 0.2) is 0 Å². The largest absolute Gasteiger partial charge is 0.465 e. The van der Waals surface area contributed by atoms with Gasteiger partial charge in [0.05, 0.1) is 25.9 Å². The Balaban J connectivity index is 1.62. The standard InChI is InChI=1S/C20H25N5O4/c1-14-22-17(13-18(23-14)21-6-7-25-8-10-29-11-9-25)19(26)24-16-5-3-4-15(12-16)20(27)28-2/h3-5,12-13H,6-11H2,1-2H3,(H,24,26)(H,21,22,23). The van der Waals surface area contributed by atoms with Crippen LogP contribution in [0.4, 0.5) is 11.5 Å². The van der Waals surface area contributed by atoms with Crippen LogP contribution in [0.3, 0.4) is 0 Å². The number of esters is 1. The van der Waals surface area contributed by atoms with Crippen LogP contribution in [0.5, 0.6) is 0 Å². The van der Waals surface area contributed by atoms with Gasteiger partial charge in [-0.3, -0.25) is 9.69 Å². The van der Waals surface area contributed by atoms with Gasteiger partial charge in [0.25, 0.3) is 5.91 Å². The summed E-state index contributed by atoms with van der Waals surface area (Å²) in [5.74, 6) is 0.244. The van der Waals surface area contributed by atoms with Gasteiger partial charge in [0, 0.05) is 37.9 Å². The highest BCUT2D eigenvalue weighted by atomic mass is 16.5. The summed E-state index contributed by atoms with van der Waals surface area (Å²) in [6, 6.07) is 8.16. The van der Waals surface area contributed by atoms with Crippen molar-refractivity contribution in [3.8, 4) is 0 Å². The fourth-order valence-corrected chi connectivity index (χ4v) is 2.98. The zero-order chi connectivity index (χ0) is 20.6. The summed E-state index contributed by atoms with van der Waals surface area (Å²) in [6.07, 6.45) is 0. The Morgan fingerprint density at radius 1 is 1.21 bits per heavy atom. The van der Waals surface area contributed by atoms with Gasteiger partial charge in [-0.05, 0) is 25.1 Å². The van der Waals surface area contributed by atoms with Gasteiger partial charge in [0.2, 0.25) is 0 Å². The lowest BCUT2D eigenvalue weighted by Gasteiger charge is -2.26. The molecule has 3 rings (SSSR count). The number of aromatic nitrogens is 2. The van der Waals surface area contributed by atoms with E-state index in [0.29, 0.717) is 29.4 Å². The highest BCUT2D eigenvalue weighted by Gasteiger charge is 2.13. The van der Waals surface area contributed by atoms with Crippen LogP contribution in [0.15, 0.2) is 30.3 Å². The number of anilines is 2. The average molecular weight is 399 g/mol. The lowest BCUT2D eigenvalue weighted by molar-refractivity contribution is 0.0398. The van der Waals surface area contributed by atoms with Crippen LogP contribution in [-0.2, 0) is 9.47 Å². The first-order valence-corrected chi connectivity index (χ1v) is 9.44. The zero-order valence-corrected chi connectivity index (χ0v) is 16.6. The van der Waals surface area contributed by atoms with Crippen molar-refractivity contribution >= 4 is 23.4 Å². The molecular formula is C20H25N5O4. The Morgan fingerprint density at radius 3 is 2.76 bits per heavy atom. The van der Waals surface area contributed by atoms with Crippen molar-refractivity contribution in [2.24, 2.45) is 0 Å². The minimum absolute atomic E-state index is 0.245. The molecule has 0 unspecified atom stereocenters. The highest BCUT2D eigenvalue weighted by Crippen LogP contribution is 2.14. The van der Waals surface area contributed by atoms with E-state index < -0.39 is 5.97 Å². The third kappa shape index (κ3) is 5.97. The lowest BCUT2D eigenvalue weighted by Crippen LogP contribution is -2.39.